The molecular weight excluding hydrogens is 200 g/mol. The fourth-order valence-electron chi connectivity index (χ4n) is 1.39. The standard InChI is InChI=1S/C10H7ClN2O/c11-9-3-10-6(1-7(9)4-12)2-8(5-14)13-10/h1-3,13-14H,5H2. The van der Waals surface area contributed by atoms with Crippen molar-refractivity contribution in [1.29, 1.82) is 5.26 Å². The van der Waals surface area contributed by atoms with Crippen LogP contribution in [0.15, 0.2) is 18.2 Å². The van der Waals surface area contributed by atoms with E-state index < -0.39 is 0 Å². The highest BCUT2D eigenvalue weighted by Crippen LogP contribution is 2.23. The summed E-state index contributed by atoms with van der Waals surface area (Å²) in [6, 6.07) is 7.20. The maximum Gasteiger partial charge on any atom is 0.101 e. The Morgan fingerprint density at radius 3 is 2.86 bits per heavy atom. The Bertz CT molecular complexity index is 525. The van der Waals surface area contributed by atoms with Gasteiger partial charge in [-0.3, -0.25) is 0 Å². The molecule has 4 heteroatoms. The summed E-state index contributed by atoms with van der Waals surface area (Å²) in [5, 5.41) is 19.0. The zero-order valence-corrected chi connectivity index (χ0v) is 7.97. The van der Waals surface area contributed by atoms with Crippen LogP contribution in [0.5, 0.6) is 0 Å². The van der Waals surface area contributed by atoms with Crippen LogP contribution in [-0.2, 0) is 6.61 Å². The van der Waals surface area contributed by atoms with Gasteiger partial charge in [-0.2, -0.15) is 5.26 Å². The van der Waals surface area contributed by atoms with Crippen LogP contribution in [0.3, 0.4) is 0 Å². The Balaban J connectivity index is 2.71. The van der Waals surface area contributed by atoms with Gasteiger partial charge in [-0.25, -0.2) is 0 Å². The lowest BCUT2D eigenvalue weighted by atomic mass is 10.2. The number of aliphatic hydroxyl groups excluding tert-OH is 1. The predicted octanol–water partition coefficient (Wildman–Crippen LogP) is 2.19. The molecule has 1 heterocycles. The van der Waals surface area contributed by atoms with Crippen molar-refractivity contribution >= 4 is 22.5 Å². The molecule has 1 aromatic carbocycles. The molecule has 0 atom stereocenters. The third-order valence-corrected chi connectivity index (χ3v) is 2.37. The van der Waals surface area contributed by atoms with Crippen molar-refractivity contribution in [3.63, 3.8) is 0 Å². The number of aromatic amines is 1. The molecule has 2 rings (SSSR count). The van der Waals surface area contributed by atoms with Crippen molar-refractivity contribution in [2.24, 2.45) is 0 Å². The number of aromatic nitrogens is 1. The van der Waals surface area contributed by atoms with Crippen molar-refractivity contribution < 1.29 is 5.11 Å². The first kappa shape index (κ1) is 9.07. The Morgan fingerprint density at radius 2 is 2.21 bits per heavy atom. The molecule has 0 aliphatic carbocycles. The summed E-state index contributed by atoms with van der Waals surface area (Å²) in [6.45, 7) is -0.0474. The quantitative estimate of drug-likeness (QED) is 0.752. The fraction of sp³-hybridized carbons (Fsp3) is 0.100. The number of aliphatic hydroxyl groups is 1. The van der Waals surface area contributed by atoms with Gasteiger partial charge in [0.1, 0.15) is 6.07 Å². The van der Waals surface area contributed by atoms with Crippen molar-refractivity contribution in [2.45, 2.75) is 6.61 Å². The number of H-pyrrole nitrogens is 1. The first-order chi connectivity index (χ1) is 6.74. The van der Waals surface area contributed by atoms with E-state index in [0.717, 1.165) is 10.9 Å². The molecule has 0 aliphatic rings. The second-order valence-electron chi connectivity index (χ2n) is 2.98. The fourth-order valence-corrected chi connectivity index (χ4v) is 1.59. The molecule has 0 bridgehead atoms. The molecule has 0 aliphatic heterocycles. The van der Waals surface area contributed by atoms with E-state index in [-0.39, 0.29) is 6.61 Å². The number of rotatable bonds is 1. The molecule has 14 heavy (non-hydrogen) atoms. The van der Waals surface area contributed by atoms with Gasteiger partial charge in [0.25, 0.3) is 0 Å². The minimum atomic E-state index is -0.0474. The lowest BCUT2D eigenvalue weighted by molar-refractivity contribution is 0.278. The molecule has 0 fully saturated rings. The monoisotopic (exact) mass is 206 g/mol. The van der Waals surface area contributed by atoms with Gasteiger partial charge in [-0.15, -0.1) is 0 Å². The third kappa shape index (κ3) is 1.35. The number of hydrogen-bond acceptors (Lipinski definition) is 2. The normalized spacial score (nSPS) is 10.4. The summed E-state index contributed by atoms with van der Waals surface area (Å²) in [6.07, 6.45) is 0. The Labute approximate surface area is 85.5 Å². The molecule has 0 radical (unpaired) electrons. The molecular formula is C10H7ClN2O. The van der Waals surface area contributed by atoms with Gasteiger partial charge in [0, 0.05) is 16.6 Å². The average Bonchev–Trinajstić information content (AvgIpc) is 2.58. The van der Waals surface area contributed by atoms with Crippen LogP contribution in [0.1, 0.15) is 11.3 Å². The van der Waals surface area contributed by atoms with E-state index in [4.69, 9.17) is 22.0 Å². The van der Waals surface area contributed by atoms with Crippen molar-refractivity contribution in [3.05, 3.63) is 34.5 Å². The van der Waals surface area contributed by atoms with E-state index in [9.17, 15) is 0 Å². The van der Waals surface area contributed by atoms with Gasteiger partial charge in [0.2, 0.25) is 0 Å². The van der Waals surface area contributed by atoms with E-state index in [2.05, 4.69) is 4.98 Å². The second kappa shape index (κ2) is 3.33. The van der Waals surface area contributed by atoms with Gasteiger partial charge in [0.05, 0.1) is 17.2 Å². The summed E-state index contributed by atoms with van der Waals surface area (Å²) < 4.78 is 0. The topological polar surface area (TPSA) is 59.8 Å². The largest absolute Gasteiger partial charge is 0.390 e. The summed E-state index contributed by atoms with van der Waals surface area (Å²) in [7, 11) is 0. The van der Waals surface area contributed by atoms with Crippen molar-refractivity contribution in [2.75, 3.05) is 0 Å². The van der Waals surface area contributed by atoms with Crippen LogP contribution in [0, 0.1) is 11.3 Å². The zero-order chi connectivity index (χ0) is 10.1. The average molecular weight is 207 g/mol. The van der Waals surface area contributed by atoms with E-state index in [1.54, 1.807) is 18.2 Å². The van der Waals surface area contributed by atoms with Crippen LogP contribution in [0.4, 0.5) is 0 Å². The molecule has 0 saturated heterocycles. The molecule has 3 nitrogen and oxygen atoms in total. The lowest BCUT2D eigenvalue weighted by Crippen LogP contribution is -1.79. The number of halogens is 1. The lowest BCUT2D eigenvalue weighted by Gasteiger charge is -1.94. The van der Waals surface area contributed by atoms with Gasteiger partial charge in [0.15, 0.2) is 0 Å². The van der Waals surface area contributed by atoms with Crippen LogP contribution < -0.4 is 0 Å². The first-order valence-corrected chi connectivity index (χ1v) is 4.44. The minimum absolute atomic E-state index is 0.0474. The SMILES string of the molecule is N#Cc1cc2cc(CO)[nH]c2cc1Cl. The van der Waals surface area contributed by atoms with Crippen LogP contribution in [-0.4, -0.2) is 10.1 Å². The summed E-state index contributed by atoms with van der Waals surface area (Å²) in [4.78, 5) is 2.99. The number of benzene rings is 1. The van der Waals surface area contributed by atoms with Crippen molar-refractivity contribution in [3.8, 4) is 6.07 Å². The highest BCUT2D eigenvalue weighted by atomic mass is 35.5. The molecule has 2 N–H and O–H groups in total. The Morgan fingerprint density at radius 1 is 1.43 bits per heavy atom. The maximum atomic E-state index is 8.91. The number of hydrogen-bond donors (Lipinski definition) is 2. The molecule has 0 saturated carbocycles. The van der Waals surface area contributed by atoms with Crippen LogP contribution >= 0.6 is 11.6 Å². The number of nitrogens with one attached hydrogen (secondary N) is 1. The first-order valence-electron chi connectivity index (χ1n) is 4.06. The summed E-state index contributed by atoms with van der Waals surface area (Å²) >= 11 is 5.85. The molecule has 2 aromatic rings. The highest BCUT2D eigenvalue weighted by molar-refractivity contribution is 6.32. The summed E-state index contributed by atoms with van der Waals surface area (Å²) in [5.41, 5.74) is 1.99. The maximum absolute atomic E-state index is 8.91. The van der Waals surface area contributed by atoms with Gasteiger partial charge in [-0.1, -0.05) is 11.6 Å². The van der Waals surface area contributed by atoms with Crippen LogP contribution in [0.25, 0.3) is 10.9 Å². The van der Waals surface area contributed by atoms with E-state index in [1.165, 1.54) is 0 Å². The minimum Gasteiger partial charge on any atom is -0.390 e. The van der Waals surface area contributed by atoms with E-state index in [0.29, 0.717) is 16.3 Å². The van der Waals surface area contributed by atoms with E-state index >= 15 is 0 Å². The zero-order valence-electron chi connectivity index (χ0n) is 7.21. The molecule has 0 amide bonds. The van der Waals surface area contributed by atoms with Gasteiger partial charge in [-0.05, 0) is 18.2 Å². The Hall–Kier alpha value is -1.50. The number of nitrogens with zero attached hydrogens (tertiary/aromatic N) is 1. The van der Waals surface area contributed by atoms with E-state index in [1.807, 2.05) is 6.07 Å². The summed E-state index contributed by atoms with van der Waals surface area (Å²) in [5.74, 6) is 0. The molecule has 0 unspecified atom stereocenters. The third-order valence-electron chi connectivity index (χ3n) is 2.05. The Kier molecular flexibility index (Phi) is 2.16. The van der Waals surface area contributed by atoms with Crippen LogP contribution in [0.2, 0.25) is 5.02 Å². The second-order valence-corrected chi connectivity index (χ2v) is 3.39. The highest BCUT2D eigenvalue weighted by Gasteiger charge is 2.05. The smallest absolute Gasteiger partial charge is 0.101 e. The van der Waals surface area contributed by atoms with Gasteiger partial charge >= 0.3 is 0 Å². The van der Waals surface area contributed by atoms with Gasteiger partial charge < -0.3 is 10.1 Å². The number of nitriles is 1. The predicted molar refractivity (Wildman–Crippen MR) is 53.9 cm³/mol. The number of fused-ring (bicyclic) bond motifs is 1. The molecule has 0 spiro atoms. The molecule has 1 aromatic heterocycles. The molecule has 70 valence electrons. The van der Waals surface area contributed by atoms with Crippen molar-refractivity contribution in [1.82, 2.24) is 4.98 Å².